The van der Waals surface area contributed by atoms with Gasteiger partial charge in [-0.1, -0.05) is 20.8 Å². The van der Waals surface area contributed by atoms with E-state index in [4.69, 9.17) is 0 Å². The van der Waals surface area contributed by atoms with E-state index in [2.05, 4.69) is 26.1 Å². The lowest BCUT2D eigenvalue weighted by atomic mass is 9.98. The van der Waals surface area contributed by atoms with Gasteiger partial charge in [0, 0.05) is 12.8 Å². The van der Waals surface area contributed by atoms with Crippen molar-refractivity contribution in [3.8, 4) is 0 Å². The van der Waals surface area contributed by atoms with Crippen molar-refractivity contribution < 1.29 is 8.42 Å². The van der Waals surface area contributed by atoms with Crippen LogP contribution in [-0.4, -0.2) is 32.5 Å². The zero-order valence-electron chi connectivity index (χ0n) is 10.8. The molecule has 1 unspecified atom stereocenters. The van der Waals surface area contributed by atoms with Gasteiger partial charge >= 0.3 is 0 Å². The first kappa shape index (κ1) is 14.9. The lowest BCUT2D eigenvalue weighted by molar-refractivity contribution is 0.384. The van der Waals surface area contributed by atoms with Gasteiger partial charge in [-0.15, -0.1) is 0 Å². The highest BCUT2D eigenvalue weighted by atomic mass is 32.2. The van der Waals surface area contributed by atoms with Gasteiger partial charge in [0.15, 0.2) is 9.84 Å². The van der Waals surface area contributed by atoms with Gasteiger partial charge in [-0.3, -0.25) is 0 Å². The molecule has 92 valence electrons. The third kappa shape index (κ3) is 4.98. The minimum absolute atomic E-state index is 0.517. The summed E-state index contributed by atoms with van der Waals surface area (Å²) in [5, 5.41) is 3.23. The number of rotatable bonds is 6. The van der Waals surface area contributed by atoms with Crippen LogP contribution in [0.3, 0.4) is 0 Å². The molecule has 0 aliphatic heterocycles. The lowest BCUT2D eigenvalue weighted by Crippen LogP contribution is -2.43. The summed E-state index contributed by atoms with van der Waals surface area (Å²) in [5.74, 6) is 1.19. The second-order valence-corrected chi connectivity index (χ2v) is 8.03. The van der Waals surface area contributed by atoms with E-state index in [1.807, 2.05) is 0 Å². The second kappa shape index (κ2) is 5.30. The summed E-state index contributed by atoms with van der Waals surface area (Å²) in [5.41, 5.74) is 0. The molecule has 1 N–H and O–H groups in total. The van der Waals surface area contributed by atoms with Gasteiger partial charge in [-0.25, -0.2) is 8.42 Å². The van der Waals surface area contributed by atoms with Gasteiger partial charge < -0.3 is 5.32 Å². The lowest BCUT2D eigenvalue weighted by Gasteiger charge is -2.24. The molecule has 0 aliphatic rings. The van der Waals surface area contributed by atoms with Crippen LogP contribution in [0.5, 0.6) is 0 Å². The monoisotopic (exact) mass is 235 g/mol. The van der Waals surface area contributed by atoms with Gasteiger partial charge in [-0.05, 0) is 32.2 Å². The van der Waals surface area contributed by atoms with Crippen molar-refractivity contribution in [2.45, 2.75) is 39.4 Å². The minimum atomic E-state index is -2.98. The Labute approximate surface area is 94.6 Å². The molecule has 0 saturated heterocycles. The Bertz CT molecular complexity index is 281. The Morgan fingerprint density at radius 3 is 2.00 bits per heavy atom. The molecule has 0 radical (unpaired) electrons. The molecular weight excluding hydrogens is 210 g/mol. The fourth-order valence-electron chi connectivity index (χ4n) is 0.968. The van der Waals surface area contributed by atoms with Crippen molar-refractivity contribution >= 4 is 9.84 Å². The summed E-state index contributed by atoms with van der Waals surface area (Å²) in [6, 6.07) is 0. The largest absolute Gasteiger partial charge is 0.315 e. The second-order valence-electron chi connectivity index (χ2n) is 5.38. The van der Waals surface area contributed by atoms with E-state index >= 15 is 0 Å². The van der Waals surface area contributed by atoms with E-state index in [0.717, 1.165) is 6.54 Å². The third-order valence-electron chi connectivity index (χ3n) is 3.16. The molecule has 0 saturated carbocycles. The number of hydrogen-bond donors (Lipinski definition) is 1. The van der Waals surface area contributed by atoms with Crippen molar-refractivity contribution in [1.82, 2.24) is 5.32 Å². The SMILES string of the molecule is CC(C)C(C)CNCC(C)(C)S(C)(=O)=O. The van der Waals surface area contributed by atoms with Crippen LogP contribution >= 0.6 is 0 Å². The maximum Gasteiger partial charge on any atom is 0.153 e. The predicted molar refractivity (Wildman–Crippen MR) is 65.8 cm³/mol. The number of hydrogen-bond acceptors (Lipinski definition) is 3. The van der Waals surface area contributed by atoms with Gasteiger partial charge in [0.25, 0.3) is 0 Å². The highest BCUT2D eigenvalue weighted by Crippen LogP contribution is 2.14. The zero-order chi connectivity index (χ0) is 12.3. The highest BCUT2D eigenvalue weighted by molar-refractivity contribution is 7.92. The van der Waals surface area contributed by atoms with E-state index in [1.165, 1.54) is 6.26 Å². The summed E-state index contributed by atoms with van der Waals surface area (Å²) in [4.78, 5) is 0. The maximum absolute atomic E-state index is 11.4. The Balaban J connectivity index is 4.08. The Morgan fingerprint density at radius 1 is 1.20 bits per heavy atom. The Hall–Kier alpha value is -0.0900. The van der Waals surface area contributed by atoms with Crippen LogP contribution in [0.4, 0.5) is 0 Å². The van der Waals surface area contributed by atoms with Crippen molar-refractivity contribution in [3.63, 3.8) is 0 Å². The molecule has 0 bridgehead atoms. The van der Waals surface area contributed by atoms with Crippen molar-refractivity contribution in [2.24, 2.45) is 11.8 Å². The first-order chi connectivity index (χ1) is 6.58. The molecule has 0 heterocycles. The maximum atomic E-state index is 11.4. The summed E-state index contributed by atoms with van der Waals surface area (Å²) in [6.45, 7) is 11.4. The van der Waals surface area contributed by atoms with E-state index in [0.29, 0.717) is 18.4 Å². The average molecular weight is 235 g/mol. The number of nitrogens with one attached hydrogen (secondary N) is 1. The summed E-state index contributed by atoms with van der Waals surface area (Å²) in [6.07, 6.45) is 1.29. The molecule has 0 amide bonds. The Morgan fingerprint density at radius 2 is 1.67 bits per heavy atom. The van der Waals surface area contributed by atoms with Gasteiger partial charge in [0.2, 0.25) is 0 Å². The highest BCUT2D eigenvalue weighted by Gasteiger charge is 2.29. The predicted octanol–water partition coefficient (Wildman–Crippen LogP) is 1.69. The molecular formula is C11H25NO2S. The van der Waals surface area contributed by atoms with Crippen LogP contribution in [0.25, 0.3) is 0 Å². The molecule has 0 aromatic rings. The van der Waals surface area contributed by atoms with Gasteiger partial charge in [0.1, 0.15) is 0 Å². The van der Waals surface area contributed by atoms with E-state index < -0.39 is 14.6 Å². The first-order valence-electron chi connectivity index (χ1n) is 5.48. The van der Waals surface area contributed by atoms with E-state index in [-0.39, 0.29) is 0 Å². The van der Waals surface area contributed by atoms with Crippen LogP contribution in [0.15, 0.2) is 0 Å². The van der Waals surface area contributed by atoms with Crippen LogP contribution in [-0.2, 0) is 9.84 Å². The Kier molecular flexibility index (Phi) is 5.27. The molecule has 0 aliphatic carbocycles. The molecule has 0 rings (SSSR count). The quantitative estimate of drug-likeness (QED) is 0.762. The molecule has 15 heavy (non-hydrogen) atoms. The first-order valence-corrected chi connectivity index (χ1v) is 7.37. The van der Waals surface area contributed by atoms with Crippen LogP contribution in [0.1, 0.15) is 34.6 Å². The van der Waals surface area contributed by atoms with E-state index in [1.54, 1.807) is 13.8 Å². The van der Waals surface area contributed by atoms with Crippen molar-refractivity contribution in [3.05, 3.63) is 0 Å². The molecule has 0 spiro atoms. The van der Waals surface area contributed by atoms with Crippen LogP contribution in [0.2, 0.25) is 0 Å². The fourth-order valence-corrected chi connectivity index (χ4v) is 1.33. The number of sulfone groups is 1. The standard InChI is InChI=1S/C11H25NO2S/c1-9(2)10(3)7-12-8-11(4,5)15(6,13)14/h9-10,12H,7-8H2,1-6H3. The summed E-state index contributed by atoms with van der Waals surface area (Å²) >= 11 is 0. The molecule has 0 fully saturated rings. The minimum Gasteiger partial charge on any atom is -0.315 e. The third-order valence-corrected chi connectivity index (χ3v) is 5.31. The van der Waals surface area contributed by atoms with Crippen LogP contribution < -0.4 is 5.32 Å². The smallest absolute Gasteiger partial charge is 0.153 e. The van der Waals surface area contributed by atoms with Gasteiger partial charge in [-0.2, -0.15) is 0 Å². The normalized spacial score (nSPS) is 15.7. The molecule has 0 aromatic heterocycles. The molecule has 1 atom stereocenters. The summed E-state index contributed by atoms with van der Waals surface area (Å²) in [7, 11) is -2.98. The average Bonchev–Trinajstić information content (AvgIpc) is 2.01. The molecule has 0 aromatic carbocycles. The van der Waals surface area contributed by atoms with Crippen LogP contribution in [0, 0.1) is 11.8 Å². The van der Waals surface area contributed by atoms with Gasteiger partial charge in [0.05, 0.1) is 4.75 Å². The van der Waals surface area contributed by atoms with Crippen molar-refractivity contribution in [2.75, 3.05) is 19.3 Å². The molecule has 4 heteroatoms. The zero-order valence-corrected chi connectivity index (χ0v) is 11.6. The fraction of sp³-hybridized carbons (Fsp3) is 1.00. The molecule has 3 nitrogen and oxygen atoms in total. The van der Waals surface area contributed by atoms with Crippen molar-refractivity contribution in [1.29, 1.82) is 0 Å². The van der Waals surface area contributed by atoms with E-state index in [9.17, 15) is 8.42 Å². The summed E-state index contributed by atoms with van der Waals surface area (Å²) < 4.78 is 22.2. The topological polar surface area (TPSA) is 46.2 Å².